The highest BCUT2D eigenvalue weighted by Crippen LogP contribution is 2.22. The van der Waals surface area contributed by atoms with Crippen molar-refractivity contribution in [2.45, 2.75) is 52.2 Å². The van der Waals surface area contributed by atoms with E-state index in [9.17, 15) is 14.4 Å². The lowest BCUT2D eigenvalue weighted by atomic mass is 10.0. The summed E-state index contributed by atoms with van der Waals surface area (Å²) in [7, 11) is 0. The Bertz CT molecular complexity index is 667. The summed E-state index contributed by atoms with van der Waals surface area (Å²) in [5, 5.41) is 2.62. The maximum atomic E-state index is 12.7. The number of carbonyl (C=O) groups excluding carboxylic acids is 3. The van der Waals surface area contributed by atoms with Crippen molar-refractivity contribution in [2.75, 3.05) is 13.1 Å². The van der Waals surface area contributed by atoms with E-state index in [1.54, 1.807) is 33.0 Å². The second-order valence-corrected chi connectivity index (χ2v) is 7.10. The van der Waals surface area contributed by atoms with Crippen LogP contribution in [-0.2, 0) is 9.53 Å². The second-order valence-electron chi connectivity index (χ2n) is 7.10. The minimum absolute atomic E-state index is 0.0853. The maximum Gasteiger partial charge on any atom is 0.407 e. The van der Waals surface area contributed by atoms with Crippen LogP contribution in [0.15, 0.2) is 18.3 Å². The normalized spacial score (nSPS) is 17.5. The summed E-state index contributed by atoms with van der Waals surface area (Å²) in [6.07, 6.45) is 1.84. The molecule has 1 saturated heterocycles. The third kappa shape index (κ3) is 5.01. The van der Waals surface area contributed by atoms with Crippen molar-refractivity contribution >= 4 is 17.8 Å². The Balaban J connectivity index is 1.97. The quantitative estimate of drug-likeness (QED) is 0.824. The molecule has 0 spiro atoms. The van der Waals surface area contributed by atoms with Crippen molar-refractivity contribution in [3.63, 3.8) is 0 Å². The van der Waals surface area contributed by atoms with Gasteiger partial charge in [-0.2, -0.15) is 0 Å². The van der Waals surface area contributed by atoms with E-state index in [1.807, 2.05) is 13.0 Å². The van der Waals surface area contributed by atoms with Gasteiger partial charge in [-0.3, -0.25) is 14.6 Å². The second kappa shape index (κ2) is 7.63. The van der Waals surface area contributed by atoms with Crippen LogP contribution in [0.4, 0.5) is 4.79 Å². The molecule has 0 bridgehead atoms. The Morgan fingerprint density at radius 2 is 2.12 bits per heavy atom. The number of carbonyl (C=O) groups is 3. The molecule has 25 heavy (non-hydrogen) atoms. The number of likely N-dealkylation sites (tertiary alicyclic amines) is 1. The van der Waals surface area contributed by atoms with Crippen LogP contribution in [0.25, 0.3) is 0 Å². The fourth-order valence-corrected chi connectivity index (χ4v) is 2.78. The first kappa shape index (κ1) is 18.9. The van der Waals surface area contributed by atoms with Crippen LogP contribution in [-0.4, -0.2) is 52.4 Å². The smallest absolute Gasteiger partial charge is 0.407 e. The van der Waals surface area contributed by atoms with Gasteiger partial charge in [-0.15, -0.1) is 0 Å². The Labute approximate surface area is 147 Å². The lowest BCUT2D eigenvalue weighted by Gasteiger charge is -2.25. The van der Waals surface area contributed by atoms with Crippen LogP contribution >= 0.6 is 0 Å². The molecule has 7 heteroatoms. The van der Waals surface area contributed by atoms with E-state index in [0.717, 1.165) is 5.56 Å². The molecule has 0 saturated carbocycles. The molecule has 136 valence electrons. The number of hydrogen-bond acceptors (Lipinski definition) is 5. The summed E-state index contributed by atoms with van der Waals surface area (Å²) in [5.41, 5.74) is 0.605. The number of amides is 2. The molecular weight excluding hydrogens is 322 g/mol. The molecule has 2 rings (SSSR count). The van der Waals surface area contributed by atoms with Gasteiger partial charge >= 0.3 is 6.09 Å². The molecule has 0 aliphatic carbocycles. The summed E-state index contributed by atoms with van der Waals surface area (Å²) in [4.78, 5) is 42.2. The average Bonchev–Trinajstić information content (AvgIpc) is 2.86. The van der Waals surface area contributed by atoms with E-state index in [2.05, 4.69) is 10.3 Å². The van der Waals surface area contributed by atoms with Crippen LogP contribution < -0.4 is 5.32 Å². The molecule has 1 aliphatic rings. The largest absolute Gasteiger partial charge is 0.444 e. The zero-order valence-electron chi connectivity index (χ0n) is 15.2. The third-order valence-corrected chi connectivity index (χ3v) is 3.89. The molecule has 1 aliphatic heterocycles. The summed E-state index contributed by atoms with van der Waals surface area (Å²) in [6.45, 7) is 7.65. The fraction of sp³-hybridized carbons (Fsp3) is 0.556. The number of pyridine rings is 1. The number of nitrogens with zero attached hydrogens (tertiary/aromatic N) is 2. The van der Waals surface area contributed by atoms with Gasteiger partial charge in [-0.1, -0.05) is 6.07 Å². The van der Waals surface area contributed by atoms with Crippen molar-refractivity contribution in [3.05, 3.63) is 29.6 Å². The van der Waals surface area contributed by atoms with Crippen molar-refractivity contribution in [2.24, 2.45) is 0 Å². The fourth-order valence-electron chi connectivity index (χ4n) is 2.78. The first-order valence-electron chi connectivity index (χ1n) is 8.41. The SMILES string of the molecule is Cc1cccnc1C(=O)C1CCC(=O)N1CCNC(=O)OC(C)(C)C. The van der Waals surface area contributed by atoms with Gasteiger partial charge in [-0.05, 0) is 45.7 Å². The molecule has 7 nitrogen and oxygen atoms in total. The maximum absolute atomic E-state index is 12.7. The molecule has 1 aromatic heterocycles. The zero-order chi connectivity index (χ0) is 18.6. The molecule has 1 unspecified atom stereocenters. The minimum Gasteiger partial charge on any atom is -0.444 e. The highest BCUT2D eigenvalue weighted by Gasteiger charge is 2.37. The van der Waals surface area contributed by atoms with Gasteiger partial charge in [0.05, 0.1) is 6.04 Å². The van der Waals surface area contributed by atoms with Crippen molar-refractivity contribution < 1.29 is 19.1 Å². The van der Waals surface area contributed by atoms with E-state index >= 15 is 0 Å². The van der Waals surface area contributed by atoms with Crippen LogP contribution in [0.5, 0.6) is 0 Å². The standard InChI is InChI=1S/C18H25N3O4/c1-12-6-5-9-19-15(12)16(23)13-7-8-14(22)21(13)11-10-20-17(24)25-18(2,3)4/h5-6,9,13H,7-8,10-11H2,1-4H3,(H,20,24). The summed E-state index contributed by atoms with van der Waals surface area (Å²) >= 11 is 0. The van der Waals surface area contributed by atoms with Gasteiger partial charge in [0, 0.05) is 25.7 Å². The van der Waals surface area contributed by atoms with E-state index in [4.69, 9.17) is 4.74 Å². The van der Waals surface area contributed by atoms with Crippen LogP contribution in [0.1, 0.15) is 49.7 Å². The summed E-state index contributed by atoms with van der Waals surface area (Å²) in [5.74, 6) is -0.237. The molecular formula is C18H25N3O4. The zero-order valence-corrected chi connectivity index (χ0v) is 15.2. The minimum atomic E-state index is -0.581. The number of aromatic nitrogens is 1. The summed E-state index contributed by atoms with van der Waals surface area (Å²) < 4.78 is 5.16. The Morgan fingerprint density at radius 3 is 2.76 bits per heavy atom. The molecule has 2 amide bonds. The van der Waals surface area contributed by atoms with E-state index in [1.165, 1.54) is 4.90 Å². The van der Waals surface area contributed by atoms with Crippen molar-refractivity contribution in [1.82, 2.24) is 15.2 Å². The summed E-state index contributed by atoms with van der Waals surface area (Å²) in [6, 6.07) is 3.07. The number of rotatable bonds is 5. The third-order valence-electron chi connectivity index (χ3n) is 3.89. The van der Waals surface area contributed by atoms with Gasteiger partial charge < -0.3 is 15.0 Å². The van der Waals surface area contributed by atoms with Gasteiger partial charge in [-0.25, -0.2) is 4.79 Å². The average molecular weight is 347 g/mol. The first-order chi connectivity index (χ1) is 11.7. The lowest BCUT2D eigenvalue weighted by Crippen LogP contribution is -2.44. The number of hydrogen-bond donors (Lipinski definition) is 1. The molecule has 0 radical (unpaired) electrons. The molecule has 1 fully saturated rings. The number of aryl methyl sites for hydroxylation is 1. The van der Waals surface area contributed by atoms with Gasteiger partial charge in [0.2, 0.25) is 11.7 Å². The van der Waals surface area contributed by atoms with Crippen LogP contribution in [0.3, 0.4) is 0 Å². The van der Waals surface area contributed by atoms with E-state index in [0.29, 0.717) is 18.5 Å². The van der Waals surface area contributed by atoms with Crippen LogP contribution in [0.2, 0.25) is 0 Å². The Hall–Kier alpha value is -2.44. The number of nitrogens with one attached hydrogen (secondary N) is 1. The number of ketones is 1. The first-order valence-corrected chi connectivity index (χ1v) is 8.41. The molecule has 1 N–H and O–H groups in total. The van der Waals surface area contributed by atoms with Gasteiger partial charge in [0.1, 0.15) is 11.3 Å². The monoisotopic (exact) mass is 347 g/mol. The number of alkyl carbamates (subject to hydrolysis) is 1. The Morgan fingerprint density at radius 1 is 1.40 bits per heavy atom. The lowest BCUT2D eigenvalue weighted by molar-refractivity contribution is -0.128. The molecule has 0 aromatic carbocycles. The molecule has 2 heterocycles. The van der Waals surface area contributed by atoms with Crippen molar-refractivity contribution in [3.8, 4) is 0 Å². The van der Waals surface area contributed by atoms with Crippen molar-refractivity contribution in [1.29, 1.82) is 0 Å². The topological polar surface area (TPSA) is 88.6 Å². The van der Waals surface area contributed by atoms with Gasteiger partial charge in [0.15, 0.2) is 0 Å². The number of ether oxygens (including phenoxy) is 1. The van der Waals surface area contributed by atoms with Gasteiger partial charge in [0.25, 0.3) is 0 Å². The molecule has 1 aromatic rings. The molecule has 1 atom stereocenters. The number of Topliss-reactive ketones (excluding diaryl/α,β-unsaturated/α-hetero) is 1. The van der Waals surface area contributed by atoms with E-state index in [-0.39, 0.29) is 24.8 Å². The Kier molecular flexibility index (Phi) is 5.77. The highest BCUT2D eigenvalue weighted by molar-refractivity contribution is 6.02. The predicted molar refractivity (Wildman–Crippen MR) is 92.3 cm³/mol. The van der Waals surface area contributed by atoms with Crippen LogP contribution in [0, 0.1) is 6.92 Å². The predicted octanol–water partition coefficient (Wildman–Crippen LogP) is 2.09. The van der Waals surface area contributed by atoms with E-state index < -0.39 is 17.7 Å². The highest BCUT2D eigenvalue weighted by atomic mass is 16.6.